The fourth-order valence-corrected chi connectivity index (χ4v) is 2.44. The highest BCUT2D eigenvalue weighted by atomic mass is 15.0. The maximum absolute atomic E-state index is 3.76. The molecule has 0 aromatic heterocycles. The second-order valence-electron chi connectivity index (χ2n) is 4.69. The molecule has 0 bridgehead atoms. The summed E-state index contributed by atoms with van der Waals surface area (Å²) >= 11 is 0. The molecule has 2 rings (SSSR count). The highest BCUT2D eigenvalue weighted by Crippen LogP contribution is 2.29. The highest BCUT2D eigenvalue weighted by Gasteiger charge is 2.25. The summed E-state index contributed by atoms with van der Waals surface area (Å²) in [5.41, 5.74) is 0. The van der Waals surface area contributed by atoms with E-state index < -0.39 is 0 Å². The van der Waals surface area contributed by atoms with Crippen LogP contribution in [0.3, 0.4) is 0 Å². The van der Waals surface area contributed by atoms with Gasteiger partial charge >= 0.3 is 0 Å². The minimum Gasteiger partial charge on any atom is -0.315 e. The molecule has 1 aliphatic carbocycles. The molecule has 1 aliphatic heterocycles. The summed E-state index contributed by atoms with van der Waals surface area (Å²) in [6.07, 6.45) is 7.07. The summed E-state index contributed by atoms with van der Waals surface area (Å²) in [7, 11) is 0. The van der Waals surface area contributed by atoms with Gasteiger partial charge in [-0.1, -0.05) is 6.42 Å². The van der Waals surface area contributed by atoms with Crippen molar-refractivity contribution in [3.8, 4) is 0 Å². The lowest BCUT2D eigenvalue weighted by molar-refractivity contribution is 0.216. The Morgan fingerprint density at radius 1 is 1.23 bits per heavy atom. The van der Waals surface area contributed by atoms with Crippen LogP contribution in [-0.2, 0) is 0 Å². The quantitative estimate of drug-likeness (QED) is 0.691. The number of nitrogens with one attached hydrogen (secondary N) is 2. The Bertz CT molecular complexity index is 148. The van der Waals surface area contributed by atoms with Gasteiger partial charge in [-0.05, 0) is 45.1 Å². The molecule has 1 heterocycles. The SMILES string of the molecule is CC(NC1CCCNC1)C1CCC1. The zero-order chi connectivity index (χ0) is 9.10. The van der Waals surface area contributed by atoms with Gasteiger partial charge in [0.25, 0.3) is 0 Å². The van der Waals surface area contributed by atoms with Crippen LogP contribution in [0.5, 0.6) is 0 Å². The molecular weight excluding hydrogens is 160 g/mol. The summed E-state index contributed by atoms with van der Waals surface area (Å²) in [6.45, 7) is 4.76. The topological polar surface area (TPSA) is 24.1 Å². The third kappa shape index (κ3) is 2.44. The van der Waals surface area contributed by atoms with Crippen molar-refractivity contribution in [3.63, 3.8) is 0 Å². The van der Waals surface area contributed by atoms with E-state index in [1.54, 1.807) is 0 Å². The first-order valence-corrected chi connectivity index (χ1v) is 5.83. The van der Waals surface area contributed by atoms with E-state index in [0.29, 0.717) is 0 Å². The molecule has 2 aliphatic rings. The van der Waals surface area contributed by atoms with E-state index >= 15 is 0 Å². The molecule has 76 valence electrons. The summed E-state index contributed by atoms with van der Waals surface area (Å²) in [4.78, 5) is 0. The molecule has 2 heteroatoms. The number of rotatable bonds is 3. The molecule has 0 aromatic carbocycles. The van der Waals surface area contributed by atoms with E-state index in [1.165, 1.54) is 45.2 Å². The average Bonchev–Trinajstić information content (AvgIpc) is 2.02. The van der Waals surface area contributed by atoms with Crippen LogP contribution >= 0.6 is 0 Å². The second kappa shape index (κ2) is 4.43. The number of hydrogen-bond acceptors (Lipinski definition) is 2. The van der Waals surface area contributed by atoms with Gasteiger partial charge in [0.05, 0.1) is 0 Å². The normalized spacial score (nSPS) is 32.5. The zero-order valence-electron chi connectivity index (χ0n) is 8.68. The van der Waals surface area contributed by atoms with E-state index in [2.05, 4.69) is 17.6 Å². The molecule has 2 N–H and O–H groups in total. The Morgan fingerprint density at radius 3 is 2.62 bits per heavy atom. The predicted molar refractivity (Wildman–Crippen MR) is 55.8 cm³/mol. The van der Waals surface area contributed by atoms with Gasteiger partial charge in [0, 0.05) is 18.6 Å². The van der Waals surface area contributed by atoms with Crippen LogP contribution in [0.1, 0.15) is 39.0 Å². The lowest BCUT2D eigenvalue weighted by atomic mass is 9.80. The summed E-state index contributed by atoms with van der Waals surface area (Å²) in [5.74, 6) is 0.974. The van der Waals surface area contributed by atoms with E-state index in [1.807, 2.05) is 0 Å². The van der Waals surface area contributed by atoms with E-state index in [4.69, 9.17) is 0 Å². The van der Waals surface area contributed by atoms with Crippen molar-refractivity contribution in [3.05, 3.63) is 0 Å². The van der Waals surface area contributed by atoms with E-state index in [-0.39, 0.29) is 0 Å². The molecule has 2 nitrogen and oxygen atoms in total. The Morgan fingerprint density at radius 2 is 2.08 bits per heavy atom. The molecule has 1 saturated heterocycles. The smallest absolute Gasteiger partial charge is 0.0195 e. The van der Waals surface area contributed by atoms with Crippen molar-refractivity contribution < 1.29 is 0 Å². The minimum absolute atomic E-state index is 0.740. The molecule has 0 aromatic rings. The van der Waals surface area contributed by atoms with Gasteiger partial charge in [0.2, 0.25) is 0 Å². The molecule has 2 fully saturated rings. The Kier molecular flexibility index (Phi) is 3.23. The molecule has 0 spiro atoms. The second-order valence-corrected chi connectivity index (χ2v) is 4.69. The van der Waals surface area contributed by atoms with Gasteiger partial charge in [0.15, 0.2) is 0 Å². The van der Waals surface area contributed by atoms with Crippen molar-refractivity contribution in [2.45, 2.75) is 51.1 Å². The van der Waals surface area contributed by atoms with Crippen molar-refractivity contribution >= 4 is 0 Å². The van der Waals surface area contributed by atoms with Crippen LogP contribution < -0.4 is 10.6 Å². The van der Waals surface area contributed by atoms with Crippen molar-refractivity contribution in [1.29, 1.82) is 0 Å². The Labute approximate surface area is 81.5 Å². The standard InChI is InChI=1S/C11H22N2/c1-9(10-4-2-5-10)13-11-6-3-7-12-8-11/h9-13H,2-8H2,1H3. The van der Waals surface area contributed by atoms with E-state index in [9.17, 15) is 0 Å². The Balaban J connectivity index is 1.69. The average molecular weight is 182 g/mol. The molecule has 2 unspecified atom stereocenters. The molecule has 0 radical (unpaired) electrons. The number of piperidine rings is 1. The van der Waals surface area contributed by atoms with Gasteiger partial charge in [-0.3, -0.25) is 0 Å². The van der Waals surface area contributed by atoms with Gasteiger partial charge < -0.3 is 10.6 Å². The van der Waals surface area contributed by atoms with Crippen LogP contribution in [0, 0.1) is 5.92 Å². The van der Waals surface area contributed by atoms with Crippen LogP contribution in [0.2, 0.25) is 0 Å². The first-order valence-electron chi connectivity index (χ1n) is 5.83. The highest BCUT2D eigenvalue weighted by molar-refractivity contribution is 4.84. The van der Waals surface area contributed by atoms with Crippen molar-refractivity contribution in [1.82, 2.24) is 10.6 Å². The van der Waals surface area contributed by atoms with Gasteiger partial charge in [-0.2, -0.15) is 0 Å². The monoisotopic (exact) mass is 182 g/mol. The van der Waals surface area contributed by atoms with Gasteiger partial charge in [-0.15, -0.1) is 0 Å². The molecular formula is C11H22N2. The lowest BCUT2D eigenvalue weighted by Gasteiger charge is -2.36. The van der Waals surface area contributed by atoms with E-state index in [0.717, 1.165) is 18.0 Å². The maximum Gasteiger partial charge on any atom is 0.0195 e. The fraction of sp³-hybridized carbons (Fsp3) is 1.00. The third-order valence-electron chi connectivity index (χ3n) is 3.65. The maximum atomic E-state index is 3.76. The largest absolute Gasteiger partial charge is 0.315 e. The summed E-state index contributed by atoms with van der Waals surface area (Å²) < 4.78 is 0. The first-order chi connectivity index (χ1) is 6.36. The summed E-state index contributed by atoms with van der Waals surface area (Å²) in [5, 5.41) is 7.21. The first kappa shape index (κ1) is 9.47. The van der Waals surface area contributed by atoms with Gasteiger partial charge in [0.1, 0.15) is 0 Å². The third-order valence-corrected chi connectivity index (χ3v) is 3.65. The molecule has 2 atom stereocenters. The van der Waals surface area contributed by atoms with Crippen molar-refractivity contribution in [2.75, 3.05) is 13.1 Å². The molecule has 13 heavy (non-hydrogen) atoms. The minimum atomic E-state index is 0.740. The lowest BCUT2D eigenvalue weighted by Crippen LogP contribution is -2.49. The fourth-order valence-electron chi connectivity index (χ4n) is 2.44. The summed E-state index contributed by atoms with van der Waals surface area (Å²) in [6, 6.07) is 1.49. The molecule has 0 amide bonds. The predicted octanol–water partition coefficient (Wildman–Crippen LogP) is 1.52. The van der Waals surface area contributed by atoms with Crippen LogP contribution in [0.4, 0.5) is 0 Å². The van der Waals surface area contributed by atoms with Crippen LogP contribution in [-0.4, -0.2) is 25.2 Å². The van der Waals surface area contributed by atoms with Gasteiger partial charge in [-0.25, -0.2) is 0 Å². The van der Waals surface area contributed by atoms with Crippen molar-refractivity contribution in [2.24, 2.45) is 5.92 Å². The van der Waals surface area contributed by atoms with Crippen LogP contribution in [0.15, 0.2) is 0 Å². The Hall–Kier alpha value is -0.0800. The molecule has 1 saturated carbocycles. The zero-order valence-corrected chi connectivity index (χ0v) is 8.68. The van der Waals surface area contributed by atoms with Crippen LogP contribution in [0.25, 0.3) is 0 Å². The number of hydrogen-bond donors (Lipinski definition) is 2.